The van der Waals surface area contributed by atoms with Gasteiger partial charge in [0.1, 0.15) is 5.75 Å². The number of benzene rings is 2. The second-order valence-corrected chi connectivity index (χ2v) is 6.86. The number of nitrogens with one attached hydrogen (secondary N) is 1. The van der Waals surface area contributed by atoms with Crippen LogP contribution >= 0.6 is 11.6 Å². The molecule has 0 spiro atoms. The fraction of sp³-hybridized carbons (Fsp3) is 0.318. The lowest BCUT2D eigenvalue weighted by atomic mass is 10.0. The van der Waals surface area contributed by atoms with E-state index in [1.807, 2.05) is 12.1 Å². The summed E-state index contributed by atoms with van der Waals surface area (Å²) < 4.78 is 10.1. The normalized spacial score (nSPS) is 10.3. The van der Waals surface area contributed by atoms with E-state index in [2.05, 4.69) is 12.2 Å². The minimum Gasteiger partial charge on any atom is -0.495 e. The van der Waals surface area contributed by atoms with E-state index in [4.69, 9.17) is 21.1 Å². The van der Waals surface area contributed by atoms with Gasteiger partial charge in [-0.2, -0.15) is 0 Å². The second kappa shape index (κ2) is 11.2. The maximum Gasteiger partial charge on any atom is 0.306 e. The Balaban J connectivity index is 1.77. The first-order valence-corrected chi connectivity index (χ1v) is 9.72. The van der Waals surface area contributed by atoms with Crippen molar-refractivity contribution in [1.29, 1.82) is 0 Å². The van der Waals surface area contributed by atoms with Crippen LogP contribution in [0.25, 0.3) is 0 Å². The van der Waals surface area contributed by atoms with Crippen molar-refractivity contribution in [3.63, 3.8) is 0 Å². The smallest absolute Gasteiger partial charge is 0.306 e. The molecule has 6 nitrogen and oxygen atoms in total. The van der Waals surface area contributed by atoms with Gasteiger partial charge in [-0.1, -0.05) is 49.2 Å². The van der Waals surface area contributed by atoms with Crippen molar-refractivity contribution in [3.8, 4) is 5.75 Å². The van der Waals surface area contributed by atoms with E-state index in [0.717, 1.165) is 12.8 Å². The van der Waals surface area contributed by atoms with Crippen LogP contribution < -0.4 is 10.1 Å². The minimum absolute atomic E-state index is 0.0235. The molecule has 0 aliphatic carbocycles. The predicted octanol–water partition coefficient (Wildman–Crippen LogP) is 4.45. The van der Waals surface area contributed by atoms with Gasteiger partial charge in [-0.15, -0.1) is 0 Å². The second-order valence-electron chi connectivity index (χ2n) is 6.42. The standard InChI is InChI=1S/C22H24ClNO5/c1-3-4-15-5-7-16(8-6-15)19(25)10-12-22(27)29-14-21(26)24-18-13-17(23)9-11-20(18)28-2/h5-9,11,13H,3-4,10,12,14H2,1-2H3,(H,24,26). The number of halogens is 1. The van der Waals surface area contributed by atoms with Crippen LogP contribution in [0.4, 0.5) is 5.69 Å². The Morgan fingerprint density at radius 3 is 2.41 bits per heavy atom. The van der Waals surface area contributed by atoms with Crippen LogP contribution in [-0.4, -0.2) is 31.4 Å². The number of carbonyl (C=O) groups excluding carboxylic acids is 3. The number of rotatable bonds is 10. The summed E-state index contributed by atoms with van der Waals surface area (Å²) in [6.07, 6.45) is 1.93. The van der Waals surface area contributed by atoms with Crippen LogP contribution in [0.3, 0.4) is 0 Å². The quantitative estimate of drug-likeness (QED) is 0.456. The summed E-state index contributed by atoms with van der Waals surface area (Å²) >= 11 is 5.91. The van der Waals surface area contributed by atoms with Crippen LogP contribution in [0, 0.1) is 0 Å². The lowest BCUT2D eigenvalue weighted by Gasteiger charge is -2.10. The van der Waals surface area contributed by atoms with Crippen molar-refractivity contribution in [2.75, 3.05) is 19.0 Å². The molecule has 154 valence electrons. The molecule has 0 bridgehead atoms. The lowest BCUT2D eigenvalue weighted by molar-refractivity contribution is -0.147. The Morgan fingerprint density at radius 2 is 1.76 bits per heavy atom. The largest absolute Gasteiger partial charge is 0.495 e. The first kappa shape index (κ1) is 22.4. The van der Waals surface area contributed by atoms with E-state index in [-0.39, 0.29) is 18.6 Å². The van der Waals surface area contributed by atoms with Gasteiger partial charge in [-0.05, 0) is 30.2 Å². The summed E-state index contributed by atoms with van der Waals surface area (Å²) in [5.74, 6) is -0.853. The number of ether oxygens (including phenoxy) is 2. The number of aryl methyl sites for hydroxylation is 1. The highest BCUT2D eigenvalue weighted by molar-refractivity contribution is 6.31. The van der Waals surface area contributed by atoms with Crippen LogP contribution in [-0.2, 0) is 20.7 Å². The summed E-state index contributed by atoms with van der Waals surface area (Å²) in [7, 11) is 1.47. The number of esters is 1. The Bertz CT molecular complexity index is 864. The van der Waals surface area contributed by atoms with Gasteiger partial charge < -0.3 is 14.8 Å². The number of carbonyl (C=O) groups is 3. The molecule has 0 saturated carbocycles. The van der Waals surface area contributed by atoms with Gasteiger partial charge in [0.25, 0.3) is 5.91 Å². The maximum atomic E-state index is 12.2. The van der Waals surface area contributed by atoms with E-state index in [1.54, 1.807) is 24.3 Å². The molecule has 2 aromatic rings. The number of ketones is 1. The van der Waals surface area contributed by atoms with Crippen molar-refractivity contribution in [2.45, 2.75) is 32.6 Å². The van der Waals surface area contributed by atoms with E-state index in [0.29, 0.717) is 22.0 Å². The molecule has 0 aliphatic heterocycles. The average Bonchev–Trinajstić information content (AvgIpc) is 2.71. The molecule has 0 aromatic heterocycles. The Morgan fingerprint density at radius 1 is 1.03 bits per heavy atom. The minimum atomic E-state index is -0.617. The molecule has 1 amide bonds. The van der Waals surface area contributed by atoms with Crippen molar-refractivity contribution in [1.82, 2.24) is 0 Å². The van der Waals surface area contributed by atoms with E-state index >= 15 is 0 Å². The number of Topliss-reactive ketones (excluding diaryl/α,β-unsaturated/α-hetero) is 1. The third-order valence-electron chi connectivity index (χ3n) is 4.17. The Kier molecular flexibility index (Phi) is 8.68. The molecule has 29 heavy (non-hydrogen) atoms. The zero-order valence-corrected chi connectivity index (χ0v) is 17.3. The van der Waals surface area contributed by atoms with Crippen LogP contribution in [0.15, 0.2) is 42.5 Å². The van der Waals surface area contributed by atoms with Gasteiger partial charge in [0.2, 0.25) is 0 Å². The highest BCUT2D eigenvalue weighted by Gasteiger charge is 2.13. The number of hydrogen-bond donors (Lipinski definition) is 1. The topological polar surface area (TPSA) is 81.7 Å². The van der Waals surface area contributed by atoms with Gasteiger partial charge in [0.05, 0.1) is 19.2 Å². The first-order valence-electron chi connectivity index (χ1n) is 9.34. The molecule has 0 fully saturated rings. The van der Waals surface area contributed by atoms with Gasteiger partial charge in [0.15, 0.2) is 12.4 Å². The van der Waals surface area contributed by atoms with Crippen molar-refractivity contribution in [3.05, 3.63) is 58.6 Å². The summed E-state index contributed by atoms with van der Waals surface area (Å²) in [4.78, 5) is 36.0. The number of hydrogen-bond acceptors (Lipinski definition) is 5. The molecular weight excluding hydrogens is 394 g/mol. The molecular formula is C22H24ClNO5. The Hall–Kier alpha value is -2.86. The lowest BCUT2D eigenvalue weighted by Crippen LogP contribution is -2.21. The van der Waals surface area contributed by atoms with Gasteiger partial charge in [-0.3, -0.25) is 14.4 Å². The van der Waals surface area contributed by atoms with Crippen molar-refractivity contribution < 1.29 is 23.9 Å². The fourth-order valence-corrected chi connectivity index (χ4v) is 2.86. The molecule has 7 heteroatoms. The zero-order chi connectivity index (χ0) is 21.2. The van der Waals surface area contributed by atoms with E-state index < -0.39 is 18.5 Å². The highest BCUT2D eigenvalue weighted by Crippen LogP contribution is 2.27. The number of methoxy groups -OCH3 is 1. The third-order valence-corrected chi connectivity index (χ3v) is 4.41. The molecule has 0 aliphatic rings. The molecule has 2 rings (SSSR count). The monoisotopic (exact) mass is 417 g/mol. The van der Waals surface area contributed by atoms with Crippen molar-refractivity contribution in [2.24, 2.45) is 0 Å². The molecule has 0 unspecified atom stereocenters. The fourth-order valence-electron chi connectivity index (χ4n) is 2.69. The molecule has 0 heterocycles. The van der Waals surface area contributed by atoms with E-state index in [1.165, 1.54) is 18.7 Å². The summed E-state index contributed by atoms with van der Waals surface area (Å²) in [6, 6.07) is 12.2. The molecule has 0 atom stereocenters. The molecule has 1 N–H and O–H groups in total. The van der Waals surface area contributed by atoms with E-state index in [9.17, 15) is 14.4 Å². The maximum absolute atomic E-state index is 12.2. The number of anilines is 1. The summed E-state index contributed by atoms with van der Waals surface area (Å²) in [5.41, 5.74) is 2.11. The van der Waals surface area contributed by atoms with Gasteiger partial charge in [0, 0.05) is 17.0 Å². The summed E-state index contributed by atoms with van der Waals surface area (Å²) in [6.45, 7) is 1.63. The van der Waals surface area contributed by atoms with Crippen LogP contribution in [0.2, 0.25) is 5.02 Å². The third kappa shape index (κ3) is 7.23. The van der Waals surface area contributed by atoms with Crippen LogP contribution in [0.5, 0.6) is 5.75 Å². The molecule has 0 saturated heterocycles. The first-order chi connectivity index (χ1) is 13.9. The summed E-state index contributed by atoms with van der Waals surface area (Å²) in [5, 5.41) is 3.00. The van der Waals surface area contributed by atoms with Crippen LogP contribution in [0.1, 0.15) is 42.1 Å². The van der Waals surface area contributed by atoms with Gasteiger partial charge >= 0.3 is 5.97 Å². The SMILES string of the molecule is CCCc1ccc(C(=O)CCC(=O)OCC(=O)Nc2cc(Cl)ccc2OC)cc1. The average molecular weight is 418 g/mol. The Labute approximate surface area is 175 Å². The predicted molar refractivity (Wildman–Crippen MR) is 112 cm³/mol. The zero-order valence-electron chi connectivity index (χ0n) is 16.5. The highest BCUT2D eigenvalue weighted by atomic mass is 35.5. The molecule has 2 aromatic carbocycles. The van der Waals surface area contributed by atoms with Crippen molar-refractivity contribution >= 4 is 34.9 Å². The van der Waals surface area contributed by atoms with Gasteiger partial charge in [-0.25, -0.2) is 0 Å². The number of amides is 1. The molecule has 0 radical (unpaired) electrons.